The first-order valence-corrected chi connectivity index (χ1v) is 3.56. The van der Waals surface area contributed by atoms with Gasteiger partial charge in [-0.15, -0.1) is 0 Å². The van der Waals surface area contributed by atoms with Crippen LogP contribution in [0.2, 0.25) is 0 Å². The maximum absolute atomic E-state index is 12.7. The molecule has 1 aromatic carbocycles. The quantitative estimate of drug-likeness (QED) is 0.681. The predicted octanol–water partition coefficient (Wildman–Crippen LogP) is 1.58. The third-order valence-corrected chi connectivity index (χ3v) is 1.65. The number of hydrogen-bond donors (Lipinski definition) is 1. The highest BCUT2D eigenvalue weighted by molar-refractivity contribution is 5.58. The summed E-state index contributed by atoms with van der Waals surface area (Å²) in [7, 11) is 0. The fraction of sp³-hybridized carbons (Fsp3) is 0.222. The van der Waals surface area contributed by atoms with Crippen molar-refractivity contribution in [3.05, 3.63) is 29.1 Å². The van der Waals surface area contributed by atoms with Crippen LogP contribution in [0, 0.1) is 12.7 Å². The largest absolute Gasteiger partial charge is 0.507 e. The third kappa shape index (κ3) is 1.61. The van der Waals surface area contributed by atoms with Crippen LogP contribution in [0.5, 0.6) is 5.75 Å². The van der Waals surface area contributed by atoms with Gasteiger partial charge in [-0.3, -0.25) is 0 Å². The van der Waals surface area contributed by atoms with E-state index >= 15 is 0 Å². The summed E-state index contributed by atoms with van der Waals surface area (Å²) in [6.45, 7) is 1.59. The molecule has 1 aromatic rings. The van der Waals surface area contributed by atoms with E-state index in [2.05, 4.69) is 0 Å². The van der Waals surface area contributed by atoms with Crippen LogP contribution in [-0.4, -0.2) is 11.4 Å². The van der Waals surface area contributed by atoms with Crippen molar-refractivity contribution in [1.82, 2.24) is 0 Å². The molecule has 2 nitrogen and oxygen atoms in total. The van der Waals surface area contributed by atoms with E-state index in [1.807, 2.05) is 0 Å². The van der Waals surface area contributed by atoms with Crippen LogP contribution in [0.15, 0.2) is 12.1 Å². The Morgan fingerprint density at radius 3 is 2.83 bits per heavy atom. The van der Waals surface area contributed by atoms with Crippen molar-refractivity contribution in [1.29, 1.82) is 0 Å². The molecule has 0 radical (unpaired) electrons. The number of halogens is 1. The standard InChI is InChI=1S/C9H9FO2/c1-6-4-8(10)5-7(2-3-11)9(6)12/h3-5,12H,2H2,1H3. The maximum atomic E-state index is 12.7. The first-order chi connectivity index (χ1) is 5.65. The Hall–Kier alpha value is -1.38. The minimum absolute atomic E-state index is 0.00324. The molecule has 0 spiro atoms. The first kappa shape index (κ1) is 8.71. The smallest absolute Gasteiger partial charge is 0.124 e. The van der Waals surface area contributed by atoms with Crippen LogP contribution in [-0.2, 0) is 11.2 Å². The molecule has 0 heterocycles. The van der Waals surface area contributed by atoms with Gasteiger partial charge < -0.3 is 9.90 Å². The molecule has 64 valence electrons. The molecule has 3 heteroatoms. The zero-order valence-electron chi connectivity index (χ0n) is 6.67. The predicted molar refractivity (Wildman–Crippen MR) is 42.6 cm³/mol. The van der Waals surface area contributed by atoms with E-state index in [1.165, 1.54) is 6.07 Å². The number of aldehydes is 1. The van der Waals surface area contributed by atoms with Crippen molar-refractivity contribution in [2.45, 2.75) is 13.3 Å². The van der Waals surface area contributed by atoms with Crippen LogP contribution < -0.4 is 0 Å². The van der Waals surface area contributed by atoms with Crippen molar-refractivity contribution in [3.8, 4) is 5.75 Å². The van der Waals surface area contributed by atoms with Gasteiger partial charge in [0, 0.05) is 12.0 Å². The lowest BCUT2D eigenvalue weighted by Crippen LogP contribution is -1.91. The van der Waals surface area contributed by atoms with Crippen molar-refractivity contribution in [3.63, 3.8) is 0 Å². The van der Waals surface area contributed by atoms with Crippen molar-refractivity contribution in [2.75, 3.05) is 0 Å². The van der Waals surface area contributed by atoms with Crippen molar-refractivity contribution in [2.24, 2.45) is 0 Å². The monoisotopic (exact) mass is 168 g/mol. The lowest BCUT2D eigenvalue weighted by atomic mass is 10.1. The average molecular weight is 168 g/mol. The summed E-state index contributed by atoms with van der Waals surface area (Å²) in [4.78, 5) is 10.1. The summed E-state index contributed by atoms with van der Waals surface area (Å²) in [6.07, 6.45) is 0.679. The van der Waals surface area contributed by atoms with Crippen molar-refractivity contribution < 1.29 is 14.3 Å². The topological polar surface area (TPSA) is 37.3 Å². The molecule has 0 fully saturated rings. The van der Waals surface area contributed by atoms with Gasteiger partial charge in [0.15, 0.2) is 0 Å². The van der Waals surface area contributed by atoms with Crippen LogP contribution >= 0.6 is 0 Å². The van der Waals surface area contributed by atoms with Crippen LogP contribution in [0.3, 0.4) is 0 Å². The zero-order valence-corrected chi connectivity index (χ0v) is 6.67. The summed E-state index contributed by atoms with van der Waals surface area (Å²) >= 11 is 0. The molecule has 0 amide bonds. The molecule has 0 unspecified atom stereocenters. The van der Waals surface area contributed by atoms with Gasteiger partial charge in [0.2, 0.25) is 0 Å². The molecule has 0 bridgehead atoms. The Morgan fingerprint density at radius 2 is 2.25 bits per heavy atom. The van der Waals surface area contributed by atoms with Gasteiger partial charge in [-0.25, -0.2) is 4.39 Å². The molecule has 0 aliphatic carbocycles. The minimum Gasteiger partial charge on any atom is -0.507 e. The SMILES string of the molecule is Cc1cc(F)cc(CC=O)c1O. The molecule has 0 atom stereocenters. The van der Waals surface area contributed by atoms with Crippen LogP contribution in [0.4, 0.5) is 4.39 Å². The molecular formula is C9H9FO2. The lowest BCUT2D eigenvalue weighted by molar-refractivity contribution is -0.107. The summed E-state index contributed by atoms with van der Waals surface area (Å²) in [5.41, 5.74) is 0.786. The lowest BCUT2D eigenvalue weighted by Gasteiger charge is -2.03. The third-order valence-electron chi connectivity index (χ3n) is 1.65. The molecule has 0 saturated carbocycles. The second kappa shape index (κ2) is 3.34. The highest BCUT2D eigenvalue weighted by Crippen LogP contribution is 2.22. The fourth-order valence-electron chi connectivity index (χ4n) is 1.05. The van der Waals surface area contributed by atoms with Gasteiger partial charge in [-0.05, 0) is 24.6 Å². The molecule has 0 aliphatic heterocycles. The second-order valence-electron chi connectivity index (χ2n) is 2.60. The average Bonchev–Trinajstić information content (AvgIpc) is 2.00. The van der Waals surface area contributed by atoms with E-state index in [-0.39, 0.29) is 12.2 Å². The van der Waals surface area contributed by atoms with Gasteiger partial charge in [0.1, 0.15) is 17.9 Å². The van der Waals surface area contributed by atoms with E-state index in [9.17, 15) is 14.3 Å². The van der Waals surface area contributed by atoms with Crippen molar-refractivity contribution >= 4 is 6.29 Å². The summed E-state index contributed by atoms with van der Waals surface area (Å²) in [5.74, 6) is -0.425. The van der Waals surface area contributed by atoms with E-state index in [1.54, 1.807) is 6.92 Å². The maximum Gasteiger partial charge on any atom is 0.124 e. The number of aryl methyl sites for hydroxylation is 1. The molecule has 1 N–H and O–H groups in total. The Bertz CT molecular complexity index is 308. The highest BCUT2D eigenvalue weighted by atomic mass is 19.1. The highest BCUT2D eigenvalue weighted by Gasteiger charge is 2.05. The van der Waals surface area contributed by atoms with Gasteiger partial charge in [-0.1, -0.05) is 0 Å². The number of carbonyl (C=O) groups is 1. The molecule has 0 saturated heterocycles. The Morgan fingerprint density at radius 1 is 1.58 bits per heavy atom. The first-order valence-electron chi connectivity index (χ1n) is 3.56. The number of phenols is 1. The molecule has 0 aliphatic rings. The number of hydrogen-bond acceptors (Lipinski definition) is 2. The van der Waals surface area contributed by atoms with Gasteiger partial charge in [0.05, 0.1) is 0 Å². The van der Waals surface area contributed by atoms with E-state index in [4.69, 9.17) is 0 Å². The fourth-order valence-corrected chi connectivity index (χ4v) is 1.05. The van der Waals surface area contributed by atoms with Crippen LogP contribution in [0.1, 0.15) is 11.1 Å². The second-order valence-corrected chi connectivity index (χ2v) is 2.60. The van der Waals surface area contributed by atoms with E-state index < -0.39 is 5.82 Å². The van der Waals surface area contributed by atoms with E-state index in [0.717, 1.165) is 6.07 Å². The normalized spacial score (nSPS) is 9.83. The summed E-state index contributed by atoms with van der Waals surface area (Å²) in [5, 5.41) is 9.33. The van der Waals surface area contributed by atoms with Crippen LogP contribution in [0.25, 0.3) is 0 Å². The van der Waals surface area contributed by atoms with Gasteiger partial charge in [0.25, 0.3) is 0 Å². The van der Waals surface area contributed by atoms with E-state index in [0.29, 0.717) is 17.4 Å². The number of carbonyl (C=O) groups excluding carboxylic acids is 1. The Balaban J connectivity index is 3.17. The number of benzene rings is 1. The summed E-state index contributed by atoms with van der Waals surface area (Å²) in [6, 6.07) is 2.39. The minimum atomic E-state index is -0.429. The number of rotatable bonds is 2. The zero-order chi connectivity index (χ0) is 9.14. The molecule has 12 heavy (non-hydrogen) atoms. The molecular weight excluding hydrogens is 159 g/mol. The number of aromatic hydroxyl groups is 1. The Kier molecular flexibility index (Phi) is 2.43. The summed E-state index contributed by atoms with van der Waals surface area (Å²) < 4.78 is 12.7. The van der Waals surface area contributed by atoms with Gasteiger partial charge in [-0.2, -0.15) is 0 Å². The molecule has 0 aromatic heterocycles. The number of phenolic OH excluding ortho intramolecular Hbond substituents is 1. The van der Waals surface area contributed by atoms with Gasteiger partial charge >= 0.3 is 0 Å². The molecule has 1 rings (SSSR count). The Labute approximate surface area is 69.6 Å².